The molecule has 0 atom stereocenters. The lowest BCUT2D eigenvalue weighted by molar-refractivity contribution is -0.0514. The number of ketones is 1. The fraction of sp³-hybridized carbons (Fsp3) is 0.409. The van der Waals surface area contributed by atoms with E-state index in [0.29, 0.717) is 24.0 Å². The average Bonchev–Trinajstić information content (AvgIpc) is 3.07. The van der Waals surface area contributed by atoms with Crippen LogP contribution in [-0.4, -0.2) is 37.8 Å². The minimum absolute atomic E-state index is 0.0402. The molecule has 0 saturated heterocycles. The molecule has 0 heterocycles. The lowest BCUT2D eigenvalue weighted by Gasteiger charge is -2.25. The maximum Gasteiger partial charge on any atom is 0.387 e. The number of methoxy groups -OCH3 is 1. The minimum atomic E-state index is -3.02. The molecular weight excluding hydrogens is 382 g/mol. The first-order valence-corrected chi connectivity index (χ1v) is 9.32. The Labute approximate surface area is 168 Å². The number of Topliss-reactive ketones (excluding diaryl/α,β-unsaturated/α-hetero) is 1. The van der Waals surface area contributed by atoms with Crippen LogP contribution in [0.1, 0.15) is 36.2 Å². The van der Waals surface area contributed by atoms with E-state index in [-0.39, 0.29) is 36.2 Å². The van der Waals surface area contributed by atoms with Crippen molar-refractivity contribution in [3.05, 3.63) is 41.5 Å². The molecule has 0 saturated carbocycles. The van der Waals surface area contributed by atoms with Crippen molar-refractivity contribution in [2.24, 2.45) is 5.41 Å². The molecule has 0 unspecified atom stereocenters. The second-order valence-corrected chi connectivity index (χ2v) is 7.72. The monoisotopic (exact) mass is 406 g/mol. The number of benzene rings is 2. The van der Waals surface area contributed by atoms with E-state index < -0.39 is 12.0 Å². The Kier molecular flexibility index (Phi) is 6.07. The number of alkyl halides is 2. The summed E-state index contributed by atoms with van der Waals surface area (Å²) in [5.41, 5.74) is 2.40. The summed E-state index contributed by atoms with van der Waals surface area (Å²) in [6.07, 6.45) is 1.04. The fourth-order valence-electron chi connectivity index (χ4n) is 3.34. The van der Waals surface area contributed by atoms with Crippen molar-refractivity contribution in [3.63, 3.8) is 0 Å². The molecule has 2 aromatic carbocycles. The van der Waals surface area contributed by atoms with Gasteiger partial charge in [0.05, 0.1) is 20.3 Å². The Hall–Kier alpha value is -2.67. The van der Waals surface area contributed by atoms with E-state index in [2.05, 4.69) is 4.74 Å². The third-order valence-corrected chi connectivity index (χ3v) is 4.90. The highest BCUT2D eigenvalue weighted by atomic mass is 19.3. The molecule has 0 aliphatic heterocycles. The van der Waals surface area contributed by atoms with Crippen LogP contribution in [0.15, 0.2) is 30.3 Å². The number of hydrogen-bond donors (Lipinski definition) is 1. The third kappa shape index (κ3) is 4.34. The zero-order chi connectivity index (χ0) is 21.2. The molecule has 7 heteroatoms. The van der Waals surface area contributed by atoms with E-state index in [0.717, 1.165) is 11.1 Å². The van der Waals surface area contributed by atoms with Gasteiger partial charge in [-0.3, -0.25) is 4.79 Å². The second kappa shape index (κ2) is 8.37. The van der Waals surface area contributed by atoms with Crippen molar-refractivity contribution >= 4 is 5.78 Å². The average molecular weight is 406 g/mol. The quantitative estimate of drug-likeness (QED) is 0.700. The summed E-state index contributed by atoms with van der Waals surface area (Å²) in [7, 11) is 1.35. The van der Waals surface area contributed by atoms with Crippen molar-refractivity contribution < 1.29 is 32.9 Å². The number of halogens is 2. The Bertz CT molecular complexity index is 908. The van der Waals surface area contributed by atoms with Crippen LogP contribution in [0.2, 0.25) is 0 Å². The van der Waals surface area contributed by atoms with Gasteiger partial charge in [-0.15, -0.1) is 0 Å². The van der Waals surface area contributed by atoms with Crippen LogP contribution in [0.25, 0.3) is 11.1 Å². The van der Waals surface area contributed by atoms with Crippen LogP contribution < -0.4 is 14.2 Å². The summed E-state index contributed by atoms with van der Waals surface area (Å²) < 4.78 is 41.7. The number of hydrogen-bond acceptors (Lipinski definition) is 5. The molecule has 1 aliphatic rings. The van der Waals surface area contributed by atoms with E-state index in [4.69, 9.17) is 9.47 Å². The Balaban J connectivity index is 2.15. The summed E-state index contributed by atoms with van der Waals surface area (Å²) in [5.74, 6) is 0.209. The number of aliphatic hydroxyl groups excluding tert-OH is 1. The molecule has 2 aromatic rings. The number of fused-ring (bicyclic) bond motifs is 1. The molecule has 0 radical (unpaired) electrons. The molecule has 0 aromatic heterocycles. The molecule has 1 aliphatic carbocycles. The van der Waals surface area contributed by atoms with Crippen LogP contribution in [0.4, 0.5) is 8.78 Å². The maximum atomic E-state index is 12.9. The number of aliphatic hydroxyl groups is 1. The zero-order valence-electron chi connectivity index (χ0n) is 16.6. The van der Waals surface area contributed by atoms with E-state index in [9.17, 15) is 18.7 Å². The topological polar surface area (TPSA) is 65.0 Å². The van der Waals surface area contributed by atoms with Crippen LogP contribution in [0, 0.1) is 5.41 Å². The van der Waals surface area contributed by atoms with Gasteiger partial charge in [0.2, 0.25) is 5.75 Å². The SMILES string of the molecule is COc1c(OC(F)F)ccc(-c2cccc3c2CCC3=O)c1OCC(C)(C)CO. The third-order valence-electron chi connectivity index (χ3n) is 4.90. The van der Waals surface area contributed by atoms with Gasteiger partial charge in [-0.1, -0.05) is 32.0 Å². The number of carbonyl (C=O) groups is 1. The molecule has 0 bridgehead atoms. The van der Waals surface area contributed by atoms with E-state index >= 15 is 0 Å². The highest BCUT2D eigenvalue weighted by Gasteiger charge is 2.28. The van der Waals surface area contributed by atoms with Gasteiger partial charge in [0, 0.05) is 23.0 Å². The van der Waals surface area contributed by atoms with Crippen molar-refractivity contribution in [1.82, 2.24) is 0 Å². The standard InChI is InChI=1S/C22H24F2O5/c1-22(2,11-25)12-28-19-16(8-10-18(20(19)27-3)29-21(23)24)13-5-4-6-15-14(13)7-9-17(15)26/h4-6,8,10,21,25H,7,9,11-12H2,1-3H3. The van der Waals surface area contributed by atoms with Gasteiger partial charge >= 0.3 is 6.61 Å². The van der Waals surface area contributed by atoms with Crippen LogP contribution in [0.3, 0.4) is 0 Å². The van der Waals surface area contributed by atoms with Crippen LogP contribution in [-0.2, 0) is 6.42 Å². The van der Waals surface area contributed by atoms with Crippen molar-refractivity contribution in [3.8, 4) is 28.4 Å². The molecule has 3 rings (SSSR count). The fourth-order valence-corrected chi connectivity index (χ4v) is 3.34. The molecule has 5 nitrogen and oxygen atoms in total. The highest BCUT2D eigenvalue weighted by Crippen LogP contribution is 2.47. The van der Waals surface area contributed by atoms with Gasteiger partial charge in [0.25, 0.3) is 0 Å². The summed E-state index contributed by atoms with van der Waals surface area (Å²) >= 11 is 0. The largest absolute Gasteiger partial charge is 0.490 e. The number of ether oxygens (including phenoxy) is 3. The Morgan fingerprint density at radius 2 is 1.79 bits per heavy atom. The molecule has 0 fully saturated rings. The Morgan fingerprint density at radius 3 is 2.45 bits per heavy atom. The first-order chi connectivity index (χ1) is 13.8. The predicted molar refractivity (Wildman–Crippen MR) is 104 cm³/mol. The van der Waals surface area contributed by atoms with Gasteiger partial charge in [0.15, 0.2) is 17.3 Å². The number of carbonyl (C=O) groups excluding carboxylic acids is 1. The van der Waals surface area contributed by atoms with Gasteiger partial charge in [0.1, 0.15) is 0 Å². The molecule has 29 heavy (non-hydrogen) atoms. The lowest BCUT2D eigenvalue weighted by atomic mass is 9.94. The molecule has 156 valence electrons. The van der Waals surface area contributed by atoms with Gasteiger partial charge in [-0.2, -0.15) is 8.78 Å². The number of rotatable bonds is 8. The van der Waals surface area contributed by atoms with Gasteiger partial charge in [-0.25, -0.2) is 0 Å². The summed E-state index contributed by atoms with van der Waals surface area (Å²) in [6, 6.07) is 8.47. The van der Waals surface area contributed by atoms with E-state index in [1.165, 1.54) is 13.2 Å². The van der Waals surface area contributed by atoms with Gasteiger partial charge < -0.3 is 19.3 Å². The Morgan fingerprint density at radius 1 is 1.07 bits per heavy atom. The van der Waals surface area contributed by atoms with Crippen LogP contribution >= 0.6 is 0 Å². The molecule has 0 amide bonds. The van der Waals surface area contributed by atoms with Crippen molar-refractivity contribution in [2.75, 3.05) is 20.3 Å². The van der Waals surface area contributed by atoms with Gasteiger partial charge in [-0.05, 0) is 29.7 Å². The lowest BCUT2D eigenvalue weighted by Crippen LogP contribution is -2.25. The summed E-state index contributed by atoms with van der Waals surface area (Å²) in [6.45, 7) is 0.622. The second-order valence-electron chi connectivity index (χ2n) is 7.72. The molecule has 1 N–H and O–H groups in total. The van der Waals surface area contributed by atoms with E-state index in [1.807, 2.05) is 19.9 Å². The first-order valence-electron chi connectivity index (χ1n) is 9.32. The first kappa shape index (κ1) is 21.0. The smallest absolute Gasteiger partial charge is 0.387 e. The zero-order valence-corrected chi connectivity index (χ0v) is 16.6. The van der Waals surface area contributed by atoms with Crippen molar-refractivity contribution in [1.29, 1.82) is 0 Å². The summed E-state index contributed by atoms with van der Waals surface area (Å²) in [4.78, 5) is 12.1. The molecule has 0 spiro atoms. The van der Waals surface area contributed by atoms with Crippen molar-refractivity contribution in [2.45, 2.75) is 33.3 Å². The van der Waals surface area contributed by atoms with Crippen LogP contribution in [0.5, 0.6) is 17.2 Å². The normalized spacial score (nSPS) is 13.6. The maximum absolute atomic E-state index is 12.9. The minimum Gasteiger partial charge on any atom is -0.490 e. The molecular formula is C22H24F2O5. The predicted octanol–water partition coefficient (Wildman–Crippen LogP) is 4.49. The van der Waals surface area contributed by atoms with E-state index in [1.54, 1.807) is 18.2 Å². The summed E-state index contributed by atoms with van der Waals surface area (Å²) in [5, 5.41) is 9.54. The highest BCUT2D eigenvalue weighted by molar-refractivity contribution is 6.02.